The maximum Gasteiger partial charge on any atom is 0.339 e. The summed E-state index contributed by atoms with van der Waals surface area (Å²) in [4.78, 5) is 25.7. The average Bonchev–Trinajstić information content (AvgIpc) is 3.05. The van der Waals surface area contributed by atoms with Gasteiger partial charge in [0.05, 0.1) is 19.8 Å². The first-order valence-electron chi connectivity index (χ1n) is 13.7. The summed E-state index contributed by atoms with van der Waals surface area (Å²) in [6.45, 7) is 0.459. The van der Waals surface area contributed by atoms with Gasteiger partial charge in [-0.3, -0.25) is 4.79 Å². The zero-order valence-electron chi connectivity index (χ0n) is 23.7. The number of esters is 1. The summed E-state index contributed by atoms with van der Waals surface area (Å²) < 4.78 is 28.4. The minimum atomic E-state index is -0.464. The molecule has 0 saturated carbocycles. The molecule has 4 aromatic carbocycles. The second-order valence-electron chi connectivity index (χ2n) is 9.90. The summed E-state index contributed by atoms with van der Waals surface area (Å²) >= 11 is 0. The molecule has 0 amide bonds. The number of hydrogen-bond acceptors (Lipinski definition) is 7. The first-order valence-corrected chi connectivity index (χ1v) is 13.7. The van der Waals surface area contributed by atoms with Crippen molar-refractivity contribution in [1.82, 2.24) is 0 Å². The summed E-state index contributed by atoms with van der Waals surface area (Å²) in [6.07, 6.45) is 0. The molecule has 214 valence electrons. The fraction of sp³-hybridized carbons (Fsp3) is 0.111. The van der Waals surface area contributed by atoms with Crippen molar-refractivity contribution < 1.29 is 28.2 Å². The van der Waals surface area contributed by atoms with Crippen LogP contribution in [0.5, 0.6) is 17.2 Å². The average molecular weight is 573 g/mol. The Labute approximate surface area is 248 Å². The summed E-state index contributed by atoms with van der Waals surface area (Å²) in [5, 5.41) is 0.762. The lowest BCUT2D eigenvalue weighted by molar-refractivity contribution is 0.0473. The Hall–Kier alpha value is -5.56. The van der Waals surface area contributed by atoms with E-state index in [0.717, 1.165) is 33.6 Å². The van der Waals surface area contributed by atoms with E-state index in [-0.39, 0.29) is 12.0 Å². The highest BCUT2D eigenvalue weighted by atomic mass is 16.5. The lowest BCUT2D eigenvalue weighted by Crippen LogP contribution is -2.08. The Morgan fingerprint density at radius 3 is 2.02 bits per heavy atom. The highest BCUT2D eigenvalue weighted by molar-refractivity contribution is 6.07. The van der Waals surface area contributed by atoms with Crippen LogP contribution in [0.1, 0.15) is 21.5 Å². The molecule has 0 aromatic heterocycles. The molecule has 43 heavy (non-hydrogen) atoms. The SMILES string of the molecule is COc1ccc(COC(=O)c2ccccc2-c2c3ccc(=O)cc-3oc3cc(OCc4ccc(OC)cc4)ccc23)cc1. The molecule has 0 saturated heterocycles. The second-order valence-corrected chi connectivity index (χ2v) is 9.90. The predicted molar refractivity (Wildman–Crippen MR) is 164 cm³/mol. The van der Waals surface area contributed by atoms with Crippen LogP contribution in [0.25, 0.3) is 33.4 Å². The lowest BCUT2D eigenvalue weighted by atomic mass is 9.91. The van der Waals surface area contributed by atoms with Gasteiger partial charge in [-0.15, -0.1) is 0 Å². The van der Waals surface area contributed by atoms with Gasteiger partial charge in [0.15, 0.2) is 5.43 Å². The number of hydrogen-bond donors (Lipinski definition) is 0. The molecular weight excluding hydrogens is 544 g/mol. The van der Waals surface area contributed by atoms with Crippen LogP contribution in [0.3, 0.4) is 0 Å². The van der Waals surface area contributed by atoms with E-state index in [1.54, 1.807) is 38.5 Å². The minimum Gasteiger partial charge on any atom is -0.497 e. The van der Waals surface area contributed by atoms with E-state index < -0.39 is 5.97 Å². The van der Waals surface area contributed by atoms with Gasteiger partial charge in [0.2, 0.25) is 0 Å². The normalized spacial score (nSPS) is 10.9. The van der Waals surface area contributed by atoms with Crippen molar-refractivity contribution in [1.29, 1.82) is 0 Å². The van der Waals surface area contributed by atoms with E-state index in [9.17, 15) is 9.59 Å². The molecule has 0 radical (unpaired) electrons. The van der Waals surface area contributed by atoms with Crippen molar-refractivity contribution in [2.75, 3.05) is 14.2 Å². The van der Waals surface area contributed by atoms with Crippen LogP contribution in [-0.4, -0.2) is 20.2 Å². The maximum atomic E-state index is 13.4. The number of benzene rings is 5. The maximum absolute atomic E-state index is 13.4. The smallest absolute Gasteiger partial charge is 0.339 e. The second kappa shape index (κ2) is 12.1. The molecule has 0 N–H and O–H groups in total. The van der Waals surface area contributed by atoms with E-state index in [4.69, 9.17) is 23.4 Å². The fourth-order valence-electron chi connectivity index (χ4n) is 4.95. The largest absolute Gasteiger partial charge is 0.497 e. The predicted octanol–water partition coefficient (Wildman–Crippen LogP) is 7.52. The van der Waals surface area contributed by atoms with Crippen molar-refractivity contribution in [3.8, 4) is 39.7 Å². The molecular formula is C36H28O7. The number of carbonyl (C=O) groups excluding carboxylic acids is 1. The minimum absolute atomic E-state index is 0.108. The highest BCUT2D eigenvalue weighted by Gasteiger charge is 2.22. The van der Waals surface area contributed by atoms with E-state index in [1.165, 1.54) is 12.1 Å². The van der Waals surface area contributed by atoms with Crippen molar-refractivity contribution in [3.63, 3.8) is 0 Å². The Morgan fingerprint density at radius 2 is 1.33 bits per heavy atom. The van der Waals surface area contributed by atoms with Gasteiger partial charge < -0.3 is 23.4 Å². The third-order valence-electron chi connectivity index (χ3n) is 7.17. The summed E-state index contributed by atoms with van der Waals surface area (Å²) in [5.41, 5.74) is 4.68. The topological polar surface area (TPSA) is 84.2 Å². The molecule has 1 aliphatic carbocycles. The van der Waals surface area contributed by atoms with Crippen LogP contribution in [0.4, 0.5) is 0 Å². The van der Waals surface area contributed by atoms with Crippen LogP contribution >= 0.6 is 0 Å². The van der Waals surface area contributed by atoms with Crippen LogP contribution in [0, 0.1) is 0 Å². The Balaban J connectivity index is 1.36. The highest BCUT2D eigenvalue weighted by Crippen LogP contribution is 2.42. The van der Waals surface area contributed by atoms with Crippen molar-refractivity contribution >= 4 is 16.9 Å². The fourth-order valence-corrected chi connectivity index (χ4v) is 4.95. The molecule has 0 bridgehead atoms. The molecule has 0 spiro atoms. The summed E-state index contributed by atoms with van der Waals surface area (Å²) in [5.74, 6) is 2.04. The number of ether oxygens (including phenoxy) is 4. The van der Waals surface area contributed by atoms with Gasteiger partial charge in [0.1, 0.15) is 41.8 Å². The Bertz CT molecular complexity index is 1920. The third kappa shape index (κ3) is 5.92. The summed E-state index contributed by atoms with van der Waals surface area (Å²) in [6, 6.07) is 32.5. The zero-order valence-corrected chi connectivity index (χ0v) is 23.7. The summed E-state index contributed by atoms with van der Waals surface area (Å²) in [7, 11) is 3.23. The van der Waals surface area contributed by atoms with Gasteiger partial charge in [-0.05, 0) is 71.3 Å². The zero-order chi connectivity index (χ0) is 29.8. The van der Waals surface area contributed by atoms with Gasteiger partial charge in [-0.1, -0.05) is 42.5 Å². The Morgan fingerprint density at radius 1 is 0.674 bits per heavy atom. The quantitative estimate of drug-likeness (QED) is 0.131. The molecule has 1 aliphatic heterocycles. The number of carbonyl (C=O) groups is 1. The van der Waals surface area contributed by atoms with Gasteiger partial charge in [-0.2, -0.15) is 0 Å². The van der Waals surface area contributed by atoms with Gasteiger partial charge in [0, 0.05) is 28.6 Å². The Kier molecular flexibility index (Phi) is 7.78. The van der Waals surface area contributed by atoms with Gasteiger partial charge >= 0.3 is 5.97 Å². The van der Waals surface area contributed by atoms with Crippen LogP contribution < -0.4 is 19.6 Å². The first kappa shape index (κ1) is 27.6. The molecule has 0 fully saturated rings. The van der Waals surface area contributed by atoms with Gasteiger partial charge in [0.25, 0.3) is 0 Å². The van der Waals surface area contributed by atoms with Crippen LogP contribution in [0.15, 0.2) is 118 Å². The molecule has 7 heteroatoms. The lowest BCUT2D eigenvalue weighted by Gasteiger charge is -2.18. The molecule has 4 aromatic rings. The van der Waals surface area contributed by atoms with E-state index in [2.05, 4.69) is 0 Å². The molecule has 7 nitrogen and oxygen atoms in total. The van der Waals surface area contributed by atoms with Crippen LogP contribution in [0.2, 0.25) is 0 Å². The molecule has 0 unspecified atom stereocenters. The van der Waals surface area contributed by atoms with Crippen LogP contribution in [-0.2, 0) is 18.0 Å². The molecule has 0 atom stereocenters. The number of rotatable bonds is 9. The first-order chi connectivity index (χ1) is 21.0. The van der Waals surface area contributed by atoms with Crippen molar-refractivity contribution in [2.24, 2.45) is 0 Å². The molecule has 2 aliphatic rings. The van der Waals surface area contributed by atoms with Crippen molar-refractivity contribution in [3.05, 3.63) is 136 Å². The van der Waals surface area contributed by atoms with E-state index >= 15 is 0 Å². The van der Waals surface area contributed by atoms with E-state index in [0.29, 0.717) is 40.4 Å². The third-order valence-corrected chi connectivity index (χ3v) is 7.17. The molecule has 6 rings (SSSR count). The number of fused-ring (bicyclic) bond motifs is 2. The van der Waals surface area contributed by atoms with E-state index in [1.807, 2.05) is 72.8 Å². The standard InChI is InChI=1S/C36H28O7/c1-39-26-12-7-23(8-13-26)21-41-28-16-18-32-34(20-28)43-33-19-25(37)11-17-31(33)35(32)29-5-3-4-6-30(29)36(38)42-22-24-9-14-27(40-2)15-10-24/h3-20H,21-22H2,1-2H3. The molecule has 1 heterocycles. The van der Waals surface area contributed by atoms with Crippen molar-refractivity contribution in [2.45, 2.75) is 13.2 Å². The number of methoxy groups -OCH3 is 2. The van der Waals surface area contributed by atoms with Gasteiger partial charge in [-0.25, -0.2) is 4.79 Å². The monoisotopic (exact) mass is 572 g/mol.